The van der Waals surface area contributed by atoms with Crippen molar-refractivity contribution in [1.29, 1.82) is 0 Å². The number of hydrogen-bond donors (Lipinski definition) is 2. The van der Waals surface area contributed by atoms with E-state index in [1.54, 1.807) is 0 Å². The molecule has 3 rings (SSSR count). The Morgan fingerprint density at radius 1 is 1.14 bits per heavy atom. The molecule has 0 saturated carbocycles. The molecule has 1 aromatic heterocycles. The van der Waals surface area contributed by atoms with Crippen molar-refractivity contribution in [2.24, 2.45) is 0 Å². The lowest BCUT2D eigenvalue weighted by Gasteiger charge is -2.08. The summed E-state index contributed by atoms with van der Waals surface area (Å²) < 4.78 is 14.4. The lowest BCUT2D eigenvalue weighted by molar-refractivity contribution is 0.0697. The fourth-order valence-corrected chi connectivity index (χ4v) is 2.39. The number of aromatic hydroxyl groups is 1. The van der Waals surface area contributed by atoms with Gasteiger partial charge in [0, 0.05) is 10.9 Å². The van der Waals surface area contributed by atoms with Gasteiger partial charge in [0.2, 0.25) is 0 Å². The highest BCUT2D eigenvalue weighted by Crippen LogP contribution is 2.33. The van der Waals surface area contributed by atoms with Gasteiger partial charge in [0.1, 0.15) is 11.4 Å². The Hall–Kier alpha value is -2.66. The van der Waals surface area contributed by atoms with Gasteiger partial charge in [-0.05, 0) is 30.3 Å². The van der Waals surface area contributed by atoms with E-state index in [2.05, 4.69) is 4.98 Å². The standard InChI is InChI=1S/C16H9ClFNO3/c17-13-11-7-10(20)5-6-12(11)19-15(14(13)18)8-1-3-9(4-2-8)16(21)22/h1-7,20H,(H,21,22). The summed E-state index contributed by atoms with van der Waals surface area (Å²) >= 11 is 6.01. The molecule has 0 unspecified atom stereocenters. The monoisotopic (exact) mass is 317 g/mol. The Morgan fingerprint density at radius 2 is 1.82 bits per heavy atom. The van der Waals surface area contributed by atoms with Crippen LogP contribution in [0.3, 0.4) is 0 Å². The molecule has 0 amide bonds. The van der Waals surface area contributed by atoms with Gasteiger partial charge >= 0.3 is 5.97 Å². The number of rotatable bonds is 2. The third-order valence-corrected chi connectivity index (χ3v) is 3.62. The van der Waals surface area contributed by atoms with E-state index in [0.717, 1.165) is 0 Å². The summed E-state index contributed by atoms with van der Waals surface area (Å²) in [7, 11) is 0. The van der Waals surface area contributed by atoms with E-state index in [-0.39, 0.29) is 22.0 Å². The quantitative estimate of drug-likeness (QED) is 0.746. The van der Waals surface area contributed by atoms with Gasteiger partial charge in [-0.3, -0.25) is 0 Å². The van der Waals surface area contributed by atoms with Gasteiger partial charge in [0.15, 0.2) is 5.82 Å². The van der Waals surface area contributed by atoms with Crippen molar-refractivity contribution in [3.8, 4) is 17.0 Å². The summed E-state index contributed by atoms with van der Waals surface area (Å²) in [6.45, 7) is 0. The molecular weight excluding hydrogens is 309 g/mol. The molecule has 0 aliphatic carbocycles. The summed E-state index contributed by atoms with van der Waals surface area (Å²) in [5, 5.41) is 18.5. The molecule has 1 heterocycles. The Morgan fingerprint density at radius 3 is 2.45 bits per heavy atom. The molecule has 0 fully saturated rings. The maximum atomic E-state index is 14.4. The number of phenols is 1. The van der Waals surface area contributed by atoms with Gasteiger partial charge in [-0.2, -0.15) is 0 Å². The zero-order valence-corrected chi connectivity index (χ0v) is 11.8. The van der Waals surface area contributed by atoms with E-state index < -0.39 is 11.8 Å². The molecule has 22 heavy (non-hydrogen) atoms. The van der Waals surface area contributed by atoms with Crippen LogP contribution in [0.5, 0.6) is 5.75 Å². The number of aromatic carboxylic acids is 1. The molecule has 0 aliphatic rings. The topological polar surface area (TPSA) is 70.4 Å². The smallest absolute Gasteiger partial charge is 0.335 e. The van der Waals surface area contributed by atoms with Crippen molar-refractivity contribution in [3.63, 3.8) is 0 Å². The maximum absolute atomic E-state index is 14.4. The van der Waals surface area contributed by atoms with Crippen LogP contribution in [0.1, 0.15) is 10.4 Å². The molecule has 0 saturated heterocycles. The lowest BCUT2D eigenvalue weighted by Crippen LogP contribution is -1.97. The van der Waals surface area contributed by atoms with Crippen LogP contribution in [0.2, 0.25) is 5.02 Å². The third kappa shape index (κ3) is 2.35. The number of aromatic nitrogens is 1. The predicted octanol–water partition coefficient (Wildman–Crippen LogP) is 4.10. The number of fused-ring (bicyclic) bond motifs is 1. The SMILES string of the molecule is O=C(O)c1ccc(-c2nc3ccc(O)cc3c(Cl)c2F)cc1. The summed E-state index contributed by atoms with van der Waals surface area (Å²) in [6.07, 6.45) is 0. The highest BCUT2D eigenvalue weighted by molar-refractivity contribution is 6.35. The zero-order valence-electron chi connectivity index (χ0n) is 11.0. The first kappa shape index (κ1) is 14.3. The van der Waals surface area contributed by atoms with Crippen LogP contribution >= 0.6 is 11.6 Å². The first-order valence-electron chi connectivity index (χ1n) is 6.29. The van der Waals surface area contributed by atoms with E-state index in [1.165, 1.54) is 42.5 Å². The molecule has 0 spiro atoms. The van der Waals surface area contributed by atoms with E-state index in [1.807, 2.05) is 0 Å². The second-order valence-electron chi connectivity index (χ2n) is 4.67. The number of nitrogens with zero attached hydrogens (tertiary/aromatic N) is 1. The largest absolute Gasteiger partial charge is 0.508 e. The Kier molecular flexibility index (Phi) is 3.42. The van der Waals surface area contributed by atoms with E-state index >= 15 is 0 Å². The molecule has 4 nitrogen and oxygen atoms in total. The lowest BCUT2D eigenvalue weighted by atomic mass is 10.1. The highest BCUT2D eigenvalue weighted by atomic mass is 35.5. The normalized spacial score (nSPS) is 10.8. The van der Waals surface area contributed by atoms with Crippen molar-refractivity contribution < 1.29 is 19.4 Å². The summed E-state index contributed by atoms with van der Waals surface area (Å²) in [4.78, 5) is 15.0. The second kappa shape index (κ2) is 5.27. The van der Waals surface area contributed by atoms with Gasteiger partial charge in [-0.15, -0.1) is 0 Å². The van der Waals surface area contributed by atoms with Gasteiger partial charge in [0.05, 0.1) is 16.1 Å². The van der Waals surface area contributed by atoms with Gasteiger partial charge in [0.25, 0.3) is 0 Å². The fourth-order valence-electron chi connectivity index (χ4n) is 2.15. The molecule has 0 aliphatic heterocycles. The summed E-state index contributed by atoms with van der Waals surface area (Å²) in [6, 6.07) is 9.98. The third-order valence-electron chi connectivity index (χ3n) is 3.25. The van der Waals surface area contributed by atoms with E-state index in [4.69, 9.17) is 16.7 Å². The number of carboxylic acids is 1. The molecule has 110 valence electrons. The van der Waals surface area contributed by atoms with E-state index in [0.29, 0.717) is 16.5 Å². The number of phenolic OH excluding ortho intramolecular Hbond substituents is 1. The van der Waals surface area contributed by atoms with Crippen LogP contribution in [0.25, 0.3) is 22.2 Å². The highest BCUT2D eigenvalue weighted by Gasteiger charge is 2.16. The van der Waals surface area contributed by atoms with Crippen LogP contribution in [-0.2, 0) is 0 Å². The average Bonchev–Trinajstić information content (AvgIpc) is 2.51. The Labute approximate surface area is 129 Å². The van der Waals surface area contributed by atoms with Crippen molar-refractivity contribution >= 4 is 28.5 Å². The van der Waals surface area contributed by atoms with Crippen molar-refractivity contribution in [3.05, 3.63) is 58.9 Å². The molecule has 0 bridgehead atoms. The maximum Gasteiger partial charge on any atom is 0.335 e. The average molecular weight is 318 g/mol. The van der Waals surface area contributed by atoms with Gasteiger partial charge in [-0.1, -0.05) is 23.7 Å². The summed E-state index contributed by atoms with van der Waals surface area (Å²) in [5.74, 6) is -1.82. The van der Waals surface area contributed by atoms with Crippen molar-refractivity contribution in [1.82, 2.24) is 4.98 Å². The molecule has 3 aromatic rings. The minimum Gasteiger partial charge on any atom is -0.508 e. The molecule has 0 atom stereocenters. The first-order valence-corrected chi connectivity index (χ1v) is 6.66. The number of carbonyl (C=O) groups is 1. The molecule has 2 N–H and O–H groups in total. The molecular formula is C16H9ClFNO3. The van der Waals surface area contributed by atoms with Crippen molar-refractivity contribution in [2.75, 3.05) is 0 Å². The predicted molar refractivity (Wildman–Crippen MR) is 80.8 cm³/mol. The number of benzene rings is 2. The minimum absolute atomic E-state index is 0.0279. The molecule has 0 radical (unpaired) electrons. The van der Waals surface area contributed by atoms with Gasteiger partial charge < -0.3 is 10.2 Å². The Balaban J connectivity index is 2.20. The molecule has 2 aromatic carbocycles. The van der Waals surface area contributed by atoms with E-state index in [9.17, 15) is 14.3 Å². The number of pyridine rings is 1. The number of halogens is 2. The van der Waals surface area contributed by atoms with Gasteiger partial charge in [-0.25, -0.2) is 14.2 Å². The summed E-state index contributed by atoms with van der Waals surface area (Å²) in [5.41, 5.74) is 0.974. The zero-order chi connectivity index (χ0) is 15.9. The van der Waals surface area contributed by atoms with Crippen LogP contribution in [0, 0.1) is 5.82 Å². The van der Waals surface area contributed by atoms with Crippen molar-refractivity contribution in [2.45, 2.75) is 0 Å². The Bertz CT molecular complexity index is 894. The number of carboxylic acid groups (broad SMARTS) is 1. The van der Waals surface area contributed by atoms with Crippen LogP contribution in [0.4, 0.5) is 4.39 Å². The minimum atomic E-state index is -1.06. The van der Waals surface area contributed by atoms with Crippen LogP contribution in [0.15, 0.2) is 42.5 Å². The number of hydrogen-bond acceptors (Lipinski definition) is 3. The first-order chi connectivity index (χ1) is 10.5. The second-order valence-corrected chi connectivity index (χ2v) is 5.05. The molecule has 6 heteroatoms. The van der Waals surface area contributed by atoms with Crippen LogP contribution in [-0.4, -0.2) is 21.2 Å². The van der Waals surface area contributed by atoms with Crippen LogP contribution < -0.4 is 0 Å². The fraction of sp³-hybridized carbons (Fsp3) is 0.